The number of amides is 1. The second-order valence-electron chi connectivity index (χ2n) is 4.85. The normalized spacial score (nSPS) is 15.1. The van der Waals surface area contributed by atoms with Gasteiger partial charge in [0.1, 0.15) is 0 Å². The molecule has 0 unspecified atom stereocenters. The Balaban J connectivity index is 1.53. The SMILES string of the molecule is O=C(CCCc1cccs1)NCCC1=CCNCC1. The van der Waals surface area contributed by atoms with Gasteiger partial charge < -0.3 is 10.6 Å². The molecule has 0 aliphatic carbocycles. The minimum absolute atomic E-state index is 0.186. The summed E-state index contributed by atoms with van der Waals surface area (Å²) in [6.07, 6.45) is 6.96. The van der Waals surface area contributed by atoms with Gasteiger partial charge in [0.2, 0.25) is 5.91 Å². The molecule has 2 N–H and O–H groups in total. The zero-order valence-corrected chi connectivity index (χ0v) is 12.1. The van der Waals surface area contributed by atoms with E-state index in [0.717, 1.165) is 45.3 Å². The molecule has 0 atom stereocenters. The molecule has 19 heavy (non-hydrogen) atoms. The van der Waals surface area contributed by atoms with Crippen LogP contribution in [0.4, 0.5) is 0 Å². The molecule has 104 valence electrons. The standard InChI is InChI=1S/C15H22N2OS/c18-15(5-1-3-14-4-2-12-19-14)17-11-8-13-6-9-16-10-7-13/h2,4,6,12,16H,1,3,5,7-11H2,(H,17,18). The zero-order chi connectivity index (χ0) is 13.3. The highest BCUT2D eigenvalue weighted by Gasteiger charge is 2.05. The highest BCUT2D eigenvalue weighted by atomic mass is 32.1. The van der Waals surface area contributed by atoms with Crippen LogP contribution in [0.1, 0.15) is 30.6 Å². The van der Waals surface area contributed by atoms with Crippen LogP contribution in [0, 0.1) is 0 Å². The molecular formula is C15H22N2OS. The molecule has 0 fully saturated rings. The van der Waals surface area contributed by atoms with Crippen molar-refractivity contribution in [2.45, 2.75) is 32.1 Å². The van der Waals surface area contributed by atoms with Crippen LogP contribution in [-0.2, 0) is 11.2 Å². The molecule has 1 aliphatic rings. The van der Waals surface area contributed by atoms with Crippen LogP contribution in [0.5, 0.6) is 0 Å². The molecule has 2 rings (SSSR count). The average molecular weight is 278 g/mol. The lowest BCUT2D eigenvalue weighted by Crippen LogP contribution is -2.26. The molecular weight excluding hydrogens is 256 g/mol. The number of carbonyl (C=O) groups excluding carboxylic acids is 1. The summed E-state index contributed by atoms with van der Waals surface area (Å²) in [6.45, 7) is 2.83. The van der Waals surface area contributed by atoms with Crippen molar-refractivity contribution in [1.29, 1.82) is 0 Å². The predicted octanol–water partition coefficient (Wildman–Crippen LogP) is 2.50. The van der Waals surface area contributed by atoms with Crippen molar-refractivity contribution in [3.63, 3.8) is 0 Å². The molecule has 0 bridgehead atoms. The third-order valence-electron chi connectivity index (χ3n) is 3.33. The molecule has 3 nitrogen and oxygen atoms in total. The molecule has 0 spiro atoms. The maximum absolute atomic E-state index is 11.7. The van der Waals surface area contributed by atoms with Crippen molar-refractivity contribution < 1.29 is 4.79 Å². The van der Waals surface area contributed by atoms with Crippen LogP contribution in [0.3, 0.4) is 0 Å². The predicted molar refractivity (Wildman–Crippen MR) is 80.5 cm³/mol. The van der Waals surface area contributed by atoms with E-state index in [9.17, 15) is 4.79 Å². The molecule has 4 heteroatoms. The average Bonchev–Trinajstić information content (AvgIpc) is 2.93. The first-order valence-electron chi connectivity index (χ1n) is 7.02. The number of thiophene rings is 1. The van der Waals surface area contributed by atoms with Crippen molar-refractivity contribution in [3.8, 4) is 0 Å². The summed E-state index contributed by atoms with van der Waals surface area (Å²) < 4.78 is 0. The van der Waals surface area contributed by atoms with Gasteiger partial charge in [-0.25, -0.2) is 0 Å². The fraction of sp³-hybridized carbons (Fsp3) is 0.533. The fourth-order valence-corrected chi connectivity index (χ4v) is 2.98. The number of hydrogen-bond acceptors (Lipinski definition) is 3. The van der Waals surface area contributed by atoms with E-state index in [1.54, 1.807) is 11.3 Å². The summed E-state index contributed by atoms with van der Waals surface area (Å²) in [6, 6.07) is 4.19. The van der Waals surface area contributed by atoms with E-state index in [2.05, 4.69) is 34.2 Å². The lowest BCUT2D eigenvalue weighted by molar-refractivity contribution is -0.121. The largest absolute Gasteiger partial charge is 0.356 e. The Hall–Kier alpha value is -1.13. The lowest BCUT2D eigenvalue weighted by atomic mass is 10.1. The number of rotatable bonds is 7. The smallest absolute Gasteiger partial charge is 0.220 e. The van der Waals surface area contributed by atoms with Gasteiger partial charge in [0.15, 0.2) is 0 Å². The van der Waals surface area contributed by atoms with E-state index >= 15 is 0 Å². The van der Waals surface area contributed by atoms with E-state index in [1.165, 1.54) is 10.5 Å². The van der Waals surface area contributed by atoms with E-state index in [0.29, 0.717) is 6.42 Å². The van der Waals surface area contributed by atoms with Gasteiger partial charge in [0.25, 0.3) is 0 Å². The maximum Gasteiger partial charge on any atom is 0.220 e. The van der Waals surface area contributed by atoms with E-state index in [1.807, 2.05) is 0 Å². The van der Waals surface area contributed by atoms with Crippen molar-refractivity contribution in [3.05, 3.63) is 34.0 Å². The fourth-order valence-electron chi connectivity index (χ4n) is 2.23. The van der Waals surface area contributed by atoms with Gasteiger partial charge in [-0.15, -0.1) is 11.3 Å². The summed E-state index contributed by atoms with van der Waals surface area (Å²) >= 11 is 1.77. The molecule has 0 aromatic carbocycles. The van der Waals surface area contributed by atoms with Crippen LogP contribution in [-0.4, -0.2) is 25.5 Å². The molecule has 1 aromatic heterocycles. The second kappa shape index (κ2) is 8.12. The lowest BCUT2D eigenvalue weighted by Gasteiger charge is -2.14. The molecule has 0 saturated carbocycles. The monoisotopic (exact) mass is 278 g/mol. The summed E-state index contributed by atoms with van der Waals surface area (Å²) in [4.78, 5) is 13.0. The van der Waals surface area contributed by atoms with Gasteiger partial charge in [-0.2, -0.15) is 0 Å². The van der Waals surface area contributed by atoms with Gasteiger partial charge in [-0.1, -0.05) is 17.7 Å². The first-order chi connectivity index (χ1) is 9.34. The van der Waals surface area contributed by atoms with Gasteiger partial charge in [-0.3, -0.25) is 4.79 Å². The number of nitrogens with one attached hydrogen (secondary N) is 2. The van der Waals surface area contributed by atoms with E-state index in [4.69, 9.17) is 0 Å². The third-order valence-corrected chi connectivity index (χ3v) is 4.27. The topological polar surface area (TPSA) is 41.1 Å². The number of carbonyl (C=O) groups is 1. The van der Waals surface area contributed by atoms with Crippen molar-refractivity contribution in [1.82, 2.24) is 10.6 Å². The Kier molecular flexibility index (Phi) is 6.11. The Morgan fingerprint density at radius 1 is 1.42 bits per heavy atom. The molecule has 2 heterocycles. The minimum Gasteiger partial charge on any atom is -0.356 e. The molecule has 1 aliphatic heterocycles. The summed E-state index contributed by atoms with van der Waals surface area (Å²) in [7, 11) is 0. The van der Waals surface area contributed by atoms with E-state index < -0.39 is 0 Å². The van der Waals surface area contributed by atoms with Gasteiger partial charge >= 0.3 is 0 Å². The first kappa shape index (κ1) is 14.3. The number of aryl methyl sites for hydroxylation is 1. The van der Waals surface area contributed by atoms with Gasteiger partial charge in [0, 0.05) is 24.4 Å². The summed E-state index contributed by atoms with van der Waals surface area (Å²) in [5.74, 6) is 0.186. The Labute approximate surface area is 119 Å². The summed E-state index contributed by atoms with van der Waals surface area (Å²) in [5, 5.41) is 8.39. The molecule has 0 saturated heterocycles. The Morgan fingerprint density at radius 2 is 2.37 bits per heavy atom. The van der Waals surface area contributed by atoms with Gasteiger partial charge in [0.05, 0.1) is 0 Å². The van der Waals surface area contributed by atoms with Crippen LogP contribution in [0.25, 0.3) is 0 Å². The second-order valence-corrected chi connectivity index (χ2v) is 5.88. The van der Waals surface area contributed by atoms with Crippen LogP contribution >= 0.6 is 11.3 Å². The van der Waals surface area contributed by atoms with Crippen molar-refractivity contribution in [2.75, 3.05) is 19.6 Å². The van der Waals surface area contributed by atoms with Crippen LogP contribution in [0.2, 0.25) is 0 Å². The third kappa shape index (κ3) is 5.57. The van der Waals surface area contributed by atoms with E-state index in [-0.39, 0.29) is 5.91 Å². The highest BCUT2D eigenvalue weighted by Crippen LogP contribution is 2.12. The van der Waals surface area contributed by atoms with Crippen LogP contribution in [0.15, 0.2) is 29.2 Å². The van der Waals surface area contributed by atoms with Crippen molar-refractivity contribution >= 4 is 17.2 Å². The quantitative estimate of drug-likeness (QED) is 0.752. The first-order valence-corrected chi connectivity index (χ1v) is 7.90. The zero-order valence-electron chi connectivity index (χ0n) is 11.3. The maximum atomic E-state index is 11.7. The Morgan fingerprint density at radius 3 is 3.11 bits per heavy atom. The van der Waals surface area contributed by atoms with Gasteiger partial charge in [-0.05, 0) is 43.7 Å². The number of hydrogen-bond donors (Lipinski definition) is 2. The molecule has 1 amide bonds. The van der Waals surface area contributed by atoms with Crippen LogP contribution < -0.4 is 10.6 Å². The molecule has 1 aromatic rings. The minimum atomic E-state index is 0.186. The Bertz CT molecular complexity index is 412. The summed E-state index contributed by atoms with van der Waals surface area (Å²) in [5.41, 5.74) is 1.47. The van der Waals surface area contributed by atoms with Crippen molar-refractivity contribution in [2.24, 2.45) is 0 Å². The molecule has 0 radical (unpaired) electrons. The highest BCUT2D eigenvalue weighted by molar-refractivity contribution is 7.09.